The van der Waals surface area contributed by atoms with Crippen molar-refractivity contribution in [2.24, 2.45) is 16.7 Å². The number of rotatable bonds is 1. The summed E-state index contributed by atoms with van der Waals surface area (Å²) in [6.45, 7) is 9.12. The number of fused-ring (bicyclic) bond motifs is 1. The van der Waals surface area contributed by atoms with Crippen molar-refractivity contribution in [1.29, 1.82) is 5.26 Å². The fourth-order valence-corrected chi connectivity index (χ4v) is 3.89. The molecule has 0 fully saturated rings. The van der Waals surface area contributed by atoms with Crippen LogP contribution in [0.5, 0.6) is 0 Å². The van der Waals surface area contributed by atoms with Gasteiger partial charge in [-0.3, -0.25) is 4.79 Å². The second-order valence-electron chi connectivity index (χ2n) is 7.99. The standard InChI is InChI=1S/C18H24N2O3/c1-17(2)7-13(8-19)15(21)14-6-12(16(22)23-5)9-20(14)11-18(3,4)10-17/h6,9,13H,7,10-11H2,1-5H3. The molecule has 5 heteroatoms. The van der Waals surface area contributed by atoms with Crippen LogP contribution in [-0.2, 0) is 11.3 Å². The van der Waals surface area contributed by atoms with Crippen LogP contribution in [0.15, 0.2) is 12.3 Å². The molecule has 5 nitrogen and oxygen atoms in total. The normalized spacial score (nSPS) is 23.0. The lowest BCUT2D eigenvalue weighted by Crippen LogP contribution is -2.27. The van der Waals surface area contributed by atoms with Gasteiger partial charge in [-0.25, -0.2) is 4.79 Å². The van der Waals surface area contributed by atoms with Crippen LogP contribution in [-0.4, -0.2) is 23.4 Å². The lowest BCUT2D eigenvalue weighted by atomic mass is 9.71. The summed E-state index contributed by atoms with van der Waals surface area (Å²) in [6.07, 6.45) is 3.06. The van der Waals surface area contributed by atoms with Crippen LogP contribution in [0.2, 0.25) is 0 Å². The van der Waals surface area contributed by atoms with Gasteiger partial charge in [0.1, 0.15) is 5.92 Å². The number of ketones is 1. The number of ether oxygens (including phenoxy) is 1. The number of hydrogen-bond acceptors (Lipinski definition) is 4. The number of esters is 1. The van der Waals surface area contributed by atoms with Gasteiger partial charge in [0.05, 0.1) is 24.4 Å². The third kappa shape index (κ3) is 3.64. The Morgan fingerprint density at radius 3 is 2.57 bits per heavy atom. The Labute approximate surface area is 137 Å². The molecule has 124 valence electrons. The number of Topliss-reactive ketones (excluding diaryl/α,β-unsaturated/α-hetero) is 1. The second kappa shape index (κ2) is 5.84. The predicted molar refractivity (Wildman–Crippen MR) is 86.0 cm³/mol. The van der Waals surface area contributed by atoms with Gasteiger partial charge in [-0.1, -0.05) is 27.7 Å². The summed E-state index contributed by atoms with van der Waals surface area (Å²) in [7, 11) is 1.31. The van der Waals surface area contributed by atoms with E-state index in [4.69, 9.17) is 4.74 Å². The number of nitriles is 1. The van der Waals surface area contributed by atoms with Crippen molar-refractivity contribution >= 4 is 11.8 Å². The van der Waals surface area contributed by atoms with Crippen LogP contribution in [0, 0.1) is 28.1 Å². The zero-order chi connectivity index (χ0) is 17.4. The molecule has 0 aliphatic carbocycles. The van der Waals surface area contributed by atoms with Gasteiger partial charge in [0.15, 0.2) is 5.78 Å². The first kappa shape index (κ1) is 17.3. The molecule has 0 bridgehead atoms. The van der Waals surface area contributed by atoms with Crippen molar-refractivity contribution in [2.75, 3.05) is 7.11 Å². The number of hydrogen-bond donors (Lipinski definition) is 0. The van der Waals surface area contributed by atoms with E-state index in [0.29, 0.717) is 24.2 Å². The van der Waals surface area contributed by atoms with Crippen molar-refractivity contribution in [1.82, 2.24) is 4.57 Å². The third-order valence-electron chi connectivity index (χ3n) is 4.35. The molecule has 0 saturated heterocycles. The second-order valence-corrected chi connectivity index (χ2v) is 7.99. The van der Waals surface area contributed by atoms with Gasteiger partial charge in [0.2, 0.25) is 0 Å². The molecule has 1 aromatic heterocycles. The van der Waals surface area contributed by atoms with Crippen molar-refractivity contribution in [2.45, 2.75) is 47.1 Å². The van der Waals surface area contributed by atoms with E-state index in [9.17, 15) is 14.9 Å². The quantitative estimate of drug-likeness (QED) is 0.744. The van der Waals surface area contributed by atoms with Crippen molar-refractivity contribution in [3.05, 3.63) is 23.5 Å². The summed E-state index contributed by atoms with van der Waals surface area (Å²) in [4.78, 5) is 24.6. The van der Waals surface area contributed by atoms with Crippen LogP contribution in [0.1, 0.15) is 61.4 Å². The Hall–Kier alpha value is -2.09. The van der Waals surface area contributed by atoms with Gasteiger partial charge in [0, 0.05) is 12.7 Å². The smallest absolute Gasteiger partial charge is 0.339 e. The fourth-order valence-electron chi connectivity index (χ4n) is 3.89. The molecule has 0 aromatic carbocycles. The molecule has 2 heterocycles. The van der Waals surface area contributed by atoms with Gasteiger partial charge in [-0.15, -0.1) is 0 Å². The molecule has 0 N–H and O–H groups in total. The van der Waals surface area contributed by atoms with Crippen LogP contribution >= 0.6 is 0 Å². The highest BCUT2D eigenvalue weighted by molar-refractivity contribution is 6.01. The van der Waals surface area contributed by atoms with Gasteiger partial charge >= 0.3 is 5.97 Å². The minimum absolute atomic E-state index is 0.0602. The van der Waals surface area contributed by atoms with Crippen LogP contribution in [0.4, 0.5) is 0 Å². The van der Waals surface area contributed by atoms with Crippen LogP contribution in [0.25, 0.3) is 0 Å². The number of methoxy groups -OCH3 is 1. The Morgan fingerprint density at radius 1 is 1.35 bits per heavy atom. The van der Waals surface area contributed by atoms with E-state index in [1.165, 1.54) is 7.11 Å². The average Bonchev–Trinajstić information content (AvgIpc) is 2.84. The highest BCUT2D eigenvalue weighted by atomic mass is 16.5. The van der Waals surface area contributed by atoms with Gasteiger partial charge in [-0.2, -0.15) is 5.26 Å². The maximum absolute atomic E-state index is 12.8. The van der Waals surface area contributed by atoms with E-state index < -0.39 is 11.9 Å². The fraction of sp³-hybridized carbons (Fsp3) is 0.611. The monoisotopic (exact) mass is 316 g/mol. The SMILES string of the molecule is COC(=O)c1cc2n(c1)CC(C)(C)CC(C)(C)CC(C#N)C2=O. The summed E-state index contributed by atoms with van der Waals surface area (Å²) in [5.41, 5.74) is 0.607. The van der Waals surface area contributed by atoms with E-state index in [1.807, 2.05) is 0 Å². The molecule has 1 aromatic rings. The summed E-state index contributed by atoms with van der Waals surface area (Å²) >= 11 is 0. The maximum Gasteiger partial charge on any atom is 0.339 e. The molecule has 1 aliphatic heterocycles. The third-order valence-corrected chi connectivity index (χ3v) is 4.35. The number of nitrogens with zero attached hydrogens (tertiary/aromatic N) is 2. The zero-order valence-corrected chi connectivity index (χ0v) is 14.5. The number of aromatic nitrogens is 1. The number of carbonyl (C=O) groups excluding carboxylic acids is 2. The molecular weight excluding hydrogens is 292 g/mol. The van der Waals surface area contributed by atoms with Crippen molar-refractivity contribution < 1.29 is 14.3 Å². The average molecular weight is 316 g/mol. The minimum atomic E-state index is -0.696. The van der Waals surface area contributed by atoms with E-state index >= 15 is 0 Å². The maximum atomic E-state index is 12.8. The van der Waals surface area contributed by atoms with E-state index in [0.717, 1.165) is 6.42 Å². The number of carbonyl (C=O) groups is 2. The molecule has 2 rings (SSSR count). The van der Waals surface area contributed by atoms with E-state index in [2.05, 4.69) is 33.8 Å². The molecule has 0 saturated carbocycles. The molecule has 1 aliphatic rings. The first-order chi connectivity index (χ1) is 10.6. The Kier molecular flexibility index (Phi) is 4.39. The van der Waals surface area contributed by atoms with E-state index in [-0.39, 0.29) is 16.6 Å². The first-order valence-electron chi connectivity index (χ1n) is 7.81. The minimum Gasteiger partial charge on any atom is -0.465 e. The van der Waals surface area contributed by atoms with Gasteiger partial charge < -0.3 is 9.30 Å². The molecule has 23 heavy (non-hydrogen) atoms. The Balaban J connectivity index is 2.55. The van der Waals surface area contributed by atoms with Crippen LogP contribution in [0.3, 0.4) is 0 Å². The molecule has 1 unspecified atom stereocenters. The molecule has 0 radical (unpaired) electrons. The summed E-state index contributed by atoms with van der Waals surface area (Å²) in [6, 6.07) is 3.70. The lowest BCUT2D eigenvalue weighted by molar-refractivity contribution is 0.0600. The van der Waals surface area contributed by atoms with Crippen molar-refractivity contribution in [3.63, 3.8) is 0 Å². The summed E-state index contributed by atoms with van der Waals surface area (Å²) in [5, 5.41) is 9.45. The lowest BCUT2D eigenvalue weighted by Gasteiger charge is -2.35. The molecular formula is C18H24N2O3. The van der Waals surface area contributed by atoms with Gasteiger partial charge in [0.25, 0.3) is 0 Å². The predicted octanol–water partition coefficient (Wildman–Crippen LogP) is 3.44. The van der Waals surface area contributed by atoms with Crippen molar-refractivity contribution in [3.8, 4) is 6.07 Å². The largest absolute Gasteiger partial charge is 0.465 e. The van der Waals surface area contributed by atoms with E-state index in [1.54, 1.807) is 16.8 Å². The van der Waals surface area contributed by atoms with Crippen LogP contribution < -0.4 is 0 Å². The molecule has 0 spiro atoms. The highest BCUT2D eigenvalue weighted by Gasteiger charge is 2.37. The molecule has 1 atom stereocenters. The topological polar surface area (TPSA) is 72.1 Å². The summed E-state index contributed by atoms with van der Waals surface area (Å²) in [5.74, 6) is -1.38. The Bertz CT molecular complexity index is 677. The summed E-state index contributed by atoms with van der Waals surface area (Å²) < 4.78 is 6.55. The zero-order valence-electron chi connectivity index (χ0n) is 14.5. The Morgan fingerprint density at radius 2 is 2.00 bits per heavy atom. The first-order valence-corrected chi connectivity index (χ1v) is 7.81. The van der Waals surface area contributed by atoms with Gasteiger partial charge in [-0.05, 0) is 29.7 Å². The molecule has 0 amide bonds. The highest BCUT2D eigenvalue weighted by Crippen LogP contribution is 2.41.